The first kappa shape index (κ1) is 21.9. The lowest BCUT2D eigenvalue weighted by molar-refractivity contribution is -0.137. The molecule has 1 aromatic carbocycles. The van der Waals surface area contributed by atoms with E-state index in [4.69, 9.17) is 0 Å². The molecule has 5 nitrogen and oxygen atoms in total. The number of thioether (sulfide) groups is 1. The minimum absolute atomic E-state index is 0.263. The van der Waals surface area contributed by atoms with E-state index in [2.05, 4.69) is 20.1 Å². The first-order chi connectivity index (χ1) is 15.4. The van der Waals surface area contributed by atoms with Gasteiger partial charge in [0.25, 0.3) is 0 Å². The number of benzene rings is 1. The molecular weight excluding hydrogens is 455 g/mol. The van der Waals surface area contributed by atoms with Gasteiger partial charge < -0.3 is 9.47 Å². The molecule has 5 rings (SSSR count). The van der Waals surface area contributed by atoms with Gasteiger partial charge in [-0.2, -0.15) is 13.2 Å². The Bertz CT molecular complexity index is 1060. The minimum atomic E-state index is -4.27. The van der Waals surface area contributed by atoms with Crippen LogP contribution in [0.5, 0.6) is 0 Å². The van der Waals surface area contributed by atoms with E-state index in [0.717, 1.165) is 66.2 Å². The summed E-state index contributed by atoms with van der Waals surface area (Å²) in [6.07, 6.45) is 0.779. The molecule has 1 spiro atoms. The van der Waals surface area contributed by atoms with E-state index < -0.39 is 11.7 Å². The van der Waals surface area contributed by atoms with Crippen LogP contribution in [0.2, 0.25) is 0 Å². The zero-order chi connectivity index (χ0) is 22.3. The maximum Gasteiger partial charge on any atom is 0.416 e. The molecule has 2 aliphatic rings. The monoisotopic (exact) mass is 479 g/mol. The third kappa shape index (κ3) is 4.32. The summed E-state index contributed by atoms with van der Waals surface area (Å²) in [6, 6.07) is 5.78. The Morgan fingerprint density at radius 1 is 1.22 bits per heavy atom. The molecule has 1 aliphatic heterocycles. The van der Waals surface area contributed by atoms with Crippen LogP contribution in [0, 0.1) is 5.41 Å². The number of hydrogen-bond donors (Lipinski definition) is 0. The number of thiazole rings is 1. The smallest absolute Gasteiger partial charge is 0.303 e. The highest BCUT2D eigenvalue weighted by Gasteiger charge is 2.57. The van der Waals surface area contributed by atoms with Crippen molar-refractivity contribution in [2.75, 3.05) is 25.4 Å². The fraction of sp³-hybridized carbons (Fsp3) is 0.500. The van der Waals surface area contributed by atoms with Crippen molar-refractivity contribution in [3.05, 3.63) is 47.0 Å². The first-order valence-corrected chi connectivity index (χ1v) is 12.5. The van der Waals surface area contributed by atoms with E-state index >= 15 is 0 Å². The van der Waals surface area contributed by atoms with Crippen molar-refractivity contribution >= 4 is 23.1 Å². The standard InChI is InChI=1S/C22H24F3N5S2/c1-29-18(19-26-8-12-31-19)27-28-20(29)32-11-2-9-30-10-7-21(14-30)13-17(21)15-3-5-16(6-4-15)22(23,24)25/h3-6,8,12,17H,2,7,9-11,13-14H2,1H3. The largest absolute Gasteiger partial charge is 0.416 e. The highest BCUT2D eigenvalue weighted by molar-refractivity contribution is 7.99. The fourth-order valence-electron chi connectivity index (χ4n) is 4.76. The van der Waals surface area contributed by atoms with Crippen LogP contribution in [-0.4, -0.2) is 50.0 Å². The summed E-state index contributed by atoms with van der Waals surface area (Å²) in [5, 5.41) is 12.3. The van der Waals surface area contributed by atoms with Gasteiger partial charge in [-0.15, -0.1) is 21.5 Å². The van der Waals surface area contributed by atoms with Gasteiger partial charge in [0.05, 0.1) is 5.56 Å². The third-order valence-corrected chi connectivity index (χ3v) is 8.48. The Hall–Kier alpha value is -1.91. The summed E-state index contributed by atoms with van der Waals surface area (Å²) in [5.74, 6) is 2.16. The van der Waals surface area contributed by atoms with Crippen LogP contribution < -0.4 is 0 Å². The van der Waals surface area contributed by atoms with Crippen molar-refractivity contribution in [1.29, 1.82) is 0 Å². The van der Waals surface area contributed by atoms with Gasteiger partial charge in [-0.3, -0.25) is 0 Å². The molecule has 170 valence electrons. The van der Waals surface area contributed by atoms with Gasteiger partial charge in [0.2, 0.25) is 0 Å². The van der Waals surface area contributed by atoms with Crippen LogP contribution in [0.1, 0.15) is 36.3 Å². The number of alkyl halides is 3. The van der Waals surface area contributed by atoms with Crippen LogP contribution in [0.15, 0.2) is 41.0 Å². The maximum absolute atomic E-state index is 12.8. The second-order valence-corrected chi connectivity index (χ2v) is 10.6. The number of rotatable bonds is 7. The minimum Gasteiger partial charge on any atom is -0.303 e. The van der Waals surface area contributed by atoms with Crippen LogP contribution in [0.3, 0.4) is 0 Å². The van der Waals surface area contributed by atoms with E-state index in [1.165, 1.54) is 12.1 Å². The molecule has 1 aliphatic carbocycles. The maximum atomic E-state index is 12.8. The summed E-state index contributed by atoms with van der Waals surface area (Å²) in [6.45, 7) is 3.15. The number of likely N-dealkylation sites (tertiary alicyclic amines) is 1. The van der Waals surface area contributed by atoms with Crippen LogP contribution >= 0.6 is 23.1 Å². The lowest BCUT2D eigenvalue weighted by Gasteiger charge is -2.16. The highest BCUT2D eigenvalue weighted by atomic mass is 32.2. The average Bonchev–Trinajstić information content (AvgIpc) is 3.16. The average molecular weight is 480 g/mol. The van der Waals surface area contributed by atoms with Gasteiger partial charge in [-0.05, 0) is 61.4 Å². The van der Waals surface area contributed by atoms with Gasteiger partial charge in [0, 0.05) is 30.9 Å². The van der Waals surface area contributed by atoms with Crippen LogP contribution in [0.4, 0.5) is 13.2 Å². The van der Waals surface area contributed by atoms with Crippen molar-refractivity contribution in [1.82, 2.24) is 24.6 Å². The Morgan fingerprint density at radius 3 is 2.75 bits per heavy atom. The van der Waals surface area contributed by atoms with Gasteiger partial charge in [-0.25, -0.2) is 4.98 Å². The second-order valence-electron chi connectivity index (χ2n) is 8.67. The van der Waals surface area contributed by atoms with Crippen molar-refractivity contribution in [3.8, 4) is 10.8 Å². The lowest BCUT2D eigenvalue weighted by Crippen LogP contribution is -2.23. The lowest BCUT2D eigenvalue weighted by atomic mass is 9.97. The van der Waals surface area contributed by atoms with E-state index in [-0.39, 0.29) is 5.41 Å². The normalized spacial score (nSPS) is 23.3. The van der Waals surface area contributed by atoms with E-state index in [9.17, 15) is 13.2 Å². The molecular formula is C22H24F3N5S2. The highest BCUT2D eigenvalue weighted by Crippen LogP contribution is 2.64. The summed E-state index contributed by atoms with van der Waals surface area (Å²) in [5.41, 5.74) is 0.746. The number of nitrogens with zero attached hydrogens (tertiary/aromatic N) is 5. The number of aromatic nitrogens is 4. The summed E-state index contributed by atoms with van der Waals surface area (Å²) in [7, 11) is 1.97. The molecule has 1 saturated carbocycles. The van der Waals surface area contributed by atoms with Crippen LogP contribution in [0.25, 0.3) is 10.8 Å². The topological polar surface area (TPSA) is 46.8 Å². The predicted octanol–water partition coefficient (Wildman–Crippen LogP) is 5.32. The van der Waals surface area contributed by atoms with Crippen LogP contribution in [-0.2, 0) is 13.2 Å². The molecule has 2 fully saturated rings. The molecule has 1 saturated heterocycles. The molecule has 0 N–H and O–H groups in total. The second kappa shape index (κ2) is 8.46. The molecule has 0 amide bonds. The fourth-order valence-corrected chi connectivity index (χ4v) is 6.25. The van der Waals surface area contributed by atoms with Crippen molar-refractivity contribution in [2.24, 2.45) is 12.5 Å². The molecule has 10 heteroatoms. The van der Waals surface area contributed by atoms with Crippen molar-refractivity contribution < 1.29 is 13.2 Å². The Balaban J connectivity index is 1.08. The number of hydrogen-bond acceptors (Lipinski definition) is 6. The third-order valence-electron chi connectivity index (χ3n) is 6.60. The van der Waals surface area contributed by atoms with Gasteiger partial charge in [-0.1, -0.05) is 23.9 Å². The van der Waals surface area contributed by atoms with Crippen molar-refractivity contribution in [2.45, 2.75) is 36.5 Å². The molecule has 3 heterocycles. The zero-order valence-electron chi connectivity index (χ0n) is 17.7. The van der Waals surface area contributed by atoms with E-state index in [0.29, 0.717) is 5.92 Å². The summed E-state index contributed by atoms with van der Waals surface area (Å²) >= 11 is 3.27. The number of halogens is 3. The van der Waals surface area contributed by atoms with Crippen molar-refractivity contribution in [3.63, 3.8) is 0 Å². The molecule has 2 unspecified atom stereocenters. The van der Waals surface area contributed by atoms with Gasteiger partial charge >= 0.3 is 6.18 Å². The molecule has 2 aromatic heterocycles. The Morgan fingerprint density at radius 2 is 2.03 bits per heavy atom. The Labute approximate surface area is 193 Å². The van der Waals surface area contributed by atoms with E-state index in [1.54, 1.807) is 41.4 Å². The molecule has 2 atom stereocenters. The first-order valence-electron chi connectivity index (χ1n) is 10.7. The Kier molecular flexibility index (Phi) is 5.79. The van der Waals surface area contributed by atoms with Gasteiger partial charge in [0.15, 0.2) is 16.0 Å². The quantitative estimate of drug-likeness (QED) is 0.339. The zero-order valence-corrected chi connectivity index (χ0v) is 19.3. The molecule has 0 radical (unpaired) electrons. The predicted molar refractivity (Wildman–Crippen MR) is 120 cm³/mol. The summed E-state index contributed by atoms with van der Waals surface area (Å²) in [4.78, 5) is 6.80. The van der Waals surface area contributed by atoms with E-state index in [1.807, 2.05) is 17.0 Å². The molecule has 3 aromatic rings. The molecule has 0 bridgehead atoms. The van der Waals surface area contributed by atoms with Gasteiger partial charge in [0.1, 0.15) is 0 Å². The summed E-state index contributed by atoms with van der Waals surface area (Å²) < 4.78 is 40.4. The SMILES string of the molecule is Cn1c(SCCCN2CCC3(CC3c3ccc(C(F)(F)F)cc3)C2)nnc1-c1nccs1. The molecule has 32 heavy (non-hydrogen) atoms.